The molecule has 1 aromatic rings. The summed E-state index contributed by atoms with van der Waals surface area (Å²) in [6.07, 6.45) is 4.12. The van der Waals surface area contributed by atoms with Crippen LogP contribution in [0, 0.1) is 11.8 Å². The van der Waals surface area contributed by atoms with E-state index in [1.807, 2.05) is 0 Å². The van der Waals surface area contributed by atoms with Crippen LogP contribution in [0.3, 0.4) is 0 Å². The average molecular weight is 395 g/mol. The number of benzene rings is 1. The molecule has 2 fully saturated rings. The first-order chi connectivity index (χ1) is 12.8. The highest BCUT2D eigenvalue weighted by Crippen LogP contribution is 2.22. The molecule has 3 atom stereocenters. The lowest BCUT2D eigenvalue weighted by atomic mass is 9.92. The first kappa shape index (κ1) is 20.3. The molecule has 1 aromatic carbocycles. The molecule has 27 heavy (non-hydrogen) atoms. The molecule has 0 radical (unpaired) electrons. The summed E-state index contributed by atoms with van der Waals surface area (Å²) >= 11 is 0. The van der Waals surface area contributed by atoms with Crippen LogP contribution in [0.15, 0.2) is 29.2 Å². The number of nitrogens with zero attached hydrogens (tertiary/aromatic N) is 1. The van der Waals surface area contributed by atoms with Gasteiger partial charge in [-0.05, 0) is 37.5 Å². The van der Waals surface area contributed by atoms with Crippen LogP contribution in [0.1, 0.15) is 39.5 Å². The summed E-state index contributed by atoms with van der Waals surface area (Å²) in [5.74, 6) is 1.21. The van der Waals surface area contributed by atoms with E-state index < -0.39 is 10.0 Å². The first-order valence-electron chi connectivity index (χ1n) is 10.1. The van der Waals surface area contributed by atoms with Gasteiger partial charge in [0.2, 0.25) is 10.0 Å². The van der Waals surface area contributed by atoms with Gasteiger partial charge in [0.25, 0.3) is 5.91 Å². The lowest BCUT2D eigenvalue weighted by molar-refractivity contribution is -0.904. The molecule has 1 amide bonds. The zero-order chi connectivity index (χ0) is 19.4. The minimum absolute atomic E-state index is 0.0566. The molecular weight excluding hydrogens is 362 g/mol. The van der Waals surface area contributed by atoms with Crippen LogP contribution in [0.2, 0.25) is 0 Å². The highest BCUT2D eigenvalue weighted by molar-refractivity contribution is 7.89. The maximum Gasteiger partial charge on any atom is 0.279 e. The number of amides is 1. The number of anilines is 1. The maximum absolute atomic E-state index is 12.8. The van der Waals surface area contributed by atoms with E-state index in [2.05, 4.69) is 19.2 Å². The molecule has 0 aliphatic carbocycles. The van der Waals surface area contributed by atoms with Crippen molar-refractivity contribution in [2.24, 2.45) is 11.8 Å². The highest BCUT2D eigenvalue weighted by Gasteiger charge is 2.28. The molecule has 2 saturated heterocycles. The van der Waals surface area contributed by atoms with E-state index in [9.17, 15) is 13.2 Å². The average Bonchev–Trinajstić information content (AvgIpc) is 2.61. The molecule has 3 rings (SSSR count). The molecule has 0 saturated carbocycles. The summed E-state index contributed by atoms with van der Waals surface area (Å²) < 4.78 is 27.2. The number of quaternary nitrogens is 1. The molecule has 0 aromatic heterocycles. The van der Waals surface area contributed by atoms with E-state index in [0.29, 0.717) is 37.2 Å². The third kappa shape index (κ3) is 5.30. The maximum atomic E-state index is 12.8. The Balaban J connectivity index is 1.64. The number of rotatable bonds is 5. The van der Waals surface area contributed by atoms with Crippen LogP contribution in [-0.2, 0) is 14.8 Å². The van der Waals surface area contributed by atoms with Crippen LogP contribution in [-0.4, -0.2) is 51.4 Å². The molecule has 2 aliphatic heterocycles. The quantitative estimate of drug-likeness (QED) is 0.792. The van der Waals surface area contributed by atoms with E-state index >= 15 is 0 Å². The molecule has 0 spiro atoms. The summed E-state index contributed by atoms with van der Waals surface area (Å²) in [4.78, 5) is 14.0. The molecule has 2 N–H and O–H groups in total. The summed E-state index contributed by atoms with van der Waals surface area (Å²) in [6.45, 7) is 8.09. The molecular formula is C20H32N3O3S+. The topological polar surface area (TPSA) is 70.9 Å². The Morgan fingerprint density at radius 3 is 2.48 bits per heavy atom. The van der Waals surface area contributed by atoms with E-state index in [4.69, 9.17) is 0 Å². The van der Waals surface area contributed by atoms with Gasteiger partial charge in [0, 0.05) is 30.6 Å². The summed E-state index contributed by atoms with van der Waals surface area (Å²) in [5, 5.41) is 2.89. The number of carbonyl (C=O) groups excluding carboxylic acids is 1. The van der Waals surface area contributed by atoms with Gasteiger partial charge in [0.1, 0.15) is 0 Å². The zero-order valence-corrected chi connectivity index (χ0v) is 17.2. The van der Waals surface area contributed by atoms with Crippen LogP contribution >= 0.6 is 0 Å². The van der Waals surface area contributed by atoms with Gasteiger partial charge < -0.3 is 10.2 Å². The molecule has 150 valence electrons. The fourth-order valence-corrected chi connectivity index (χ4v) is 6.05. The summed E-state index contributed by atoms with van der Waals surface area (Å²) in [7, 11) is -3.49. The highest BCUT2D eigenvalue weighted by atomic mass is 32.2. The summed E-state index contributed by atoms with van der Waals surface area (Å²) in [5.41, 5.74) is 0.551. The molecule has 2 heterocycles. The third-order valence-corrected chi connectivity index (χ3v) is 7.45. The van der Waals surface area contributed by atoms with E-state index in [0.717, 1.165) is 32.4 Å². The van der Waals surface area contributed by atoms with Gasteiger partial charge in [-0.2, -0.15) is 4.31 Å². The largest absolute Gasteiger partial charge is 0.327 e. The first-order valence-corrected chi connectivity index (χ1v) is 11.5. The molecule has 6 nitrogen and oxygen atoms in total. The normalized spacial score (nSPS) is 27.3. The monoisotopic (exact) mass is 394 g/mol. The Morgan fingerprint density at radius 1 is 1.15 bits per heavy atom. The lowest BCUT2D eigenvalue weighted by Gasteiger charge is -2.31. The van der Waals surface area contributed by atoms with Crippen molar-refractivity contribution in [3.05, 3.63) is 24.3 Å². The Morgan fingerprint density at radius 2 is 1.81 bits per heavy atom. The van der Waals surface area contributed by atoms with Crippen molar-refractivity contribution in [3.8, 4) is 0 Å². The zero-order valence-electron chi connectivity index (χ0n) is 16.4. The third-order valence-electron chi connectivity index (χ3n) is 5.56. The van der Waals surface area contributed by atoms with Gasteiger partial charge in [-0.25, -0.2) is 8.42 Å². The van der Waals surface area contributed by atoms with Gasteiger partial charge in [-0.1, -0.05) is 26.3 Å². The number of carbonyl (C=O) groups is 1. The number of hydrogen-bond donors (Lipinski definition) is 2. The van der Waals surface area contributed by atoms with Gasteiger partial charge in [-0.15, -0.1) is 0 Å². The number of hydrogen-bond acceptors (Lipinski definition) is 3. The second kappa shape index (κ2) is 8.71. The Kier molecular flexibility index (Phi) is 6.55. The van der Waals surface area contributed by atoms with Gasteiger partial charge in [-0.3, -0.25) is 4.79 Å². The van der Waals surface area contributed by atoms with Crippen molar-refractivity contribution >= 4 is 21.6 Å². The van der Waals surface area contributed by atoms with Crippen molar-refractivity contribution in [1.82, 2.24) is 4.31 Å². The minimum atomic E-state index is -3.49. The van der Waals surface area contributed by atoms with Crippen molar-refractivity contribution < 1.29 is 18.1 Å². The predicted octanol–water partition coefficient (Wildman–Crippen LogP) is 1.36. The Bertz CT molecular complexity index is 749. The van der Waals surface area contributed by atoms with Gasteiger partial charge in [0.15, 0.2) is 6.54 Å². The second-order valence-electron chi connectivity index (χ2n) is 8.32. The predicted molar refractivity (Wildman–Crippen MR) is 106 cm³/mol. The van der Waals surface area contributed by atoms with Crippen LogP contribution in [0.5, 0.6) is 0 Å². The number of piperidine rings is 2. The van der Waals surface area contributed by atoms with Crippen LogP contribution < -0.4 is 10.2 Å². The molecule has 1 unspecified atom stereocenters. The molecule has 2 aliphatic rings. The Labute approximate surface area is 163 Å². The fourth-order valence-electron chi connectivity index (χ4n) is 4.49. The minimum Gasteiger partial charge on any atom is -0.327 e. The number of nitrogens with one attached hydrogen (secondary N) is 2. The van der Waals surface area contributed by atoms with E-state index in [1.165, 1.54) is 11.3 Å². The SMILES string of the molecule is C[C@@H]1C[C@H](C)C[NH+](CC(=O)Nc2cccc(S(=O)(=O)N3CCCCC3)c2)C1. The van der Waals surface area contributed by atoms with Crippen molar-refractivity contribution in [3.63, 3.8) is 0 Å². The van der Waals surface area contributed by atoms with Crippen molar-refractivity contribution in [1.29, 1.82) is 0 Å². The fraction of sp³-hybridized carbons (Fsp3) is 0.650. The van der Waals surface area contributed by atoms with Crippen LogP contribution in [0.25, 0.3) is 0 Å². The smallest absolute Gasteiger partial charge is 0.279 e. The number of likely N-dealkylation sites (tertiary alicyclic amines) is 1. The molecule has 7 heteroatoms. The van der Waals surface area contributed by atoms with Crippen molar-refractivity contribution in [2.45, 2.75) is 44.4 Å². The number of sulfonamides is 1. The van der Waals surface area contributed by atoms with Crippen molar-refractivity contribution in [2.75, 3.05) is 38.0 Å². The van der Waals surface area contributed by atoms with Gasteiger partial charge in [0.05, 0.1) is 18.0 Å². The van der Waals surface area contributed by atoms with E-state index in [1.54, 1.807) is 28.6 Å². The second-order valence-corrected chi connectivity index (χ2v) is 10.3. The molecule has 0 bridgehead atoms. The summed E-state index contributed by atoms with van der Waals surface area (Å²) in [6, 6.07) is 6.64. The Hall–Kier alpha value is -1.44. The van der Waals surface area contributed by atoms with Gasteiger partial charge >= 0.3 is 0 Å². The lowest BCUT2D eigenvalue weighted by Crippen LogP contribution is -3.15. The standard InChI is InChI=1S/C20H31N3O3S/c1-16-11-17(2)14-22(13-16)15-20(24)21-18-7-6-8-19(12-18)27(25,26)23-9-4-3-5-10-23/h6-8,12,16-17H,3-5,9-11,13-15H2,1-2H3,(H,21,24)/p+1/t16-,17+. The van der Waals surface area contributed by atoms with E-state index in [-0.39, 0.29) is 10.8 Å². The van der Waals surface area contributed by atoms with Crippen LogP contribution in [0.4, 0.5) is 5.69 Å².